The van der Waals surface area contributed by atoms with E-state index in [0.717, 1.165) is 28.1 Å². The Balaban J connectivity index is 2.61. The highest BCUT2D eigenvalue weighted by atomic mass is 32.2. The number of thioether (sulfide) groups is 1. The first-order valence-electron chi connectivity index (χ1n) is 7.22. The molecule has 0 N–H and O–H groups in total. The molecule has 120 valence electrons. The molecule has 0 saturated heterocycles. The molecule has 5 nitrogen and oxygen atoms in total. The minimum Gasteiger partial charge on any atom is -0.371 e. The molecule has 1 aromatic carbocycles. The molecular formula is C16H22N2O3S. The molecule has 2 aromatic rings. The number of benzene rings is 1. The topological polar surface area (TPSA) is 57.3 Å². The van der Waals surface area contributed by atoms with Crippen LogP contribution in [-0.2, 0) is 17.4 Å². The van der Waals surface area contributed by atoms with Gasteiger partial charge in [-0.05, 0) is 31.7 Å². The van der Waals surface area contributed by atoms with Crippen molar-refractivity contribution >= 4 is 28.4 Å². The molecule has 0 fully saturated rings. The van der Waals surface area contributed by atoms with Crippen molar-refractivity contribution < 1.29 is 9.66 Å². The Bertz CT molecular complexity index is 711. The molecule has 1 unspecified atom stereocenters. The number of aromatic nitrogens is 1. The lowest BCUT2D eigenvalue weighted by atomic mass is 10.0. The van der Waals surface area contributed by atoms with Gasteiger partial charge in [0.1, 0.15) is 5.60 Å². The Morgan fingerprint density at radius 1 is 1.41 bits per heavy atom. The second-order valence-electron chi connectivity index (χ2n) is 5.62. The fourth-order valence-electron chi connectivity index (χ4n) is 2.72. The van der Waals surface area contributed by atoms with Crippen molar-refractivity contribution in [3.05, 3.63) is 39.6 Å². The van der Waals surface area contributed by atoms with Gasteiger partial charge in [-0.1, -0.05) is 6.92 Å². The minimum absolute atomic E-state index is 0.159. The molecule has 0 amide bonds. The lowest BCUT2D eigenvalue weighted by Crippen LogP contribution is -2.30. The van der Waals surface area contributed by atoms with Crippen LogP contribution in [0.4, 0.5) is 5.69 Å². The van der Waals surface area contributed by atoms with Gasteiger partial charge < -0.3 is 9.30 Å². The summed E-state index contributed by atoms with van der Waals surface area (Å²) >= 11 is 1.82. The van der Waals surface area contributed by atoms with Crippen molar-refractivity contribution in [1.29, 1.82) is 0 Å². The fraction of sp³-hybridized carbons (Fsp3) is 0.500. The molecule has 1 heterocycles. The van der Waals surface area contributed by atoms with Gasteiger partial charge in [-0.15, -0.1) is 0 Å². The lowest BCUT2D eigenvalue weighted by Gasteiger charge is -2.28. The molecule has 2 rings (SSSR count). The molecule has 0 aliphatic rings. The van der Waals surface area contributed by atoms with Crippen molar-refractivity contribution in [1.82, 2.24) is 4.57 Å². The average molecular weight is 322 g/mol. The average Bonchev–Trinajstić information content (AvgIpc) is 2.81. The zero-order valence-corrected chi connectivity index (χ0v) is 14.5. The van der Waals surface area contributed by atoms with E-state index in [0.29, 0.717) is 5.56 Å². The Hall–Kier alpha value is -1.53. The quantitative estimate of drug-likeness (QED) is 0.595. The first-order valence-corrected chi connectivity index (χ1v) is 8.37. The maximum atomic E-state index is 11.1. The van der Waals surface area contributed by atoms with E-state index in [2.05, 4.69) is 18.4 Å². The van der Waals surface area contributed by atoms with Crippen molar-refractivity contribution in [2.75, 3.05) is 18.6 Å². The molecule has 0 radical (unpaired) electrons. The van der Waals surface area contributed by atoms with Crippen LogP contribution < -0.4 is 0 Å². The summed E-state index contributed by atoms with van der Waals surface area (Å²) in [5, 5.41) is 12.0. The molecule has 1 atom stereocenters. The molecule has 0 aliphatic carbocycles. The van der Waals surface area contributed by atoms with E-state index in [9.17, 15) is 10.1 Å². The molecule has 0 spiro atoms. The van der Waals surface area contributed by atoms with Crippen LogP contribution in [0.2, 0.25) is 0 Å². The van der Waals surface area contributed by atoms with E-state index in [-0.39, 0.29) is 10.6 Å². The van der Waals surface area contributed by atoms with Gasteiger partial charge in [-0.3, -0.25) is 10.1 Å². The van der Waals surface area contributed by atoms with E-state index < -0.39 is 5.60 Å². The van der Waals surface area contributed by atoms with Crippen LogP contribution in [-0.4, -0.2) is 28.1 Å². The monoisotopic (exact) mass is 322 g/mol. The van der Waals surface area contributed by atoms with E-state index in [1.165, 1.54) is 0 Å². The number of ether oxygens (including phenoxy) is 1. The number of methoxy groups -OCH3 is 1. The standard InChI is InChI=1S/C16H22N2O3S/c1-6-22-10-16(3,21-5)15-9-12-8-13(18(19)20)11(2)7-14(12)17(15)4/h7-9H,6,10H2,1-5H3. The highest BCUT2D eigenvalue weighted by Crippen LogP contribution is 2.35. The number of hydrogen-bond acceptors (Lipinski definition) is 4. The third-order valence-electron chi connectivity index (χ3n) is 4.13. The molecule has 0 bridgehead atoms. The second kappa shape index (κ2) is 6.30. The third kappa shape index (κ3) is 2.85. The van der Waals surface area contributed by atoms with Gasteiger partial charge >= 0.3 is 0 Å². The highest BCUT2D eigenvalue weighted by Gasteiger charge is 2.30. The van der Waals surface area contributed by atoms with Crippen LogP contribution in [0, 0.1) is 17.0 Å². The number of aryl methyl sites for hydroxylation is 2. The number of hydrogen-bond donors (Lipinski definition) is 0. The van der Waals surface area contributed by atoms with Gasteiger partial charge in [0.25, 0.3) is 5.69 Å². The van der Waals surface area contributed by atoms with Crippen LogP contribution in [0.25, 0.3) is 10.9 Å². The maximum Gasteiger partial charge on any atom is 0.273 e. The second-order valence-corrected chi connectivity index (χ2v) is 6.89. The molecule has 22 heavy (non-hydrogen) atoms. The van der Waals surface area contributed by atoms with Crippen molar-refractivity contribution in [2.45, 2.75) is 26.4 Å². The Morgan fingerprint density at radius 3 is 2.64 bits per heavy atom. The summed E-state index contributed by atoms with van der Waals surface area (Å²) in [6, 6.07) is 5.53. The number of nitro groups is 1. The number of nitrogens with zero attached hydrogens (tertiary/aromatic N) is 2. The van der Waals surface area contributed by atoms with E-state index in [1.54, 1.807) is 20.1 Å². The number of fused-ring (bicyclic) bond motifs is 1. The van der Waals surface area contributed by atoms with Crippen LogP contribution in [0.5, 0.6) is 0 Å². The van der Waals surface area contributed by atoms with Gasteiger partial charge in [0.15, 0.2) is 0 Å². The summed E-state index contributed by atoms with van der Waals surface area (Å²) in [7, 11) is 3.69. The first kappa shape index (κ1) is 16.8. The summed E-state index contributed by atoms with van der Waals surface area (Å²) in [6.07, 6.45) is 0. The predicted molar refractivity (Wildman–Crippen MR) is 91.7 cm³/mol. The summed E-state index contributed by atoms with van der Waals surface area (Å²) in [4.78, 5) is 10.8. The summed E-state index contributed by atoms with van der Waals surface area (Å²) < 4.78 is 7.84. The molecule has 1 aromatic heterocycles. The SMILES string of the molecule is CCSCC(C)(OC)c1cc2cc([N+](=O)[O-])c(C)cc2n1C. The zero-order chi connectivity index (χ0) is 16.5. The normalized spacial score (nSPS) is 14.2. The van der Waals surface area contributed by atoms with Crippen LogP contribution >= 0.6 is 11.8 Å². The first-order chi connectivity index (χ1) is 10.3. The largest absolute Gasteiger partial charge is 0.371 e. The Morgan fingerprint density at radius 2 is 2.09 bits per heavy atom. The third-order valence-corrected chi connectivity index (χ3v) is 5.29. The van der Waals surface area contributed by atoms with Crippen molar-refractivity contribution in [3.63, 3.8) is 0 Å². The molecule has 0 aliphatic heterocycles. The van der Waals surface area contributed by atoms with Crippen LogP contribution in [0.15, 0.2) is 18.2 Å². The maximum absolute atomic E-state index is 11.1. The zero-order valence-electron chi connectivity index (χ0n) is 13.7. The van der Waals surface area contributed by atoms with Gasteiger partial charge in [0, 0.05) is 42.4 Å². The molecular weight excluding hydrogens is 300 g/mol. The predicted octanol–water partition coefficient (Wildman–Crippen LogP) is 4.01. The van der Waals surface area contributed by atoms with Gasteiger partial charge in [-0.25, -0.2) is 0 Å². The fourth-order valence-corrected chi connectivity index (χ4v) is 3.58. The Labute approximate surface area is 134 Å². The van der Waals surface area contributed by atoms with E-state index >= 15 is 0 Å². The van der Waals surface area contributed by atoms with Gasteiger partial charge in [-0.2, -0.15) is 11.8 Å². The van der Waals surface area contributed by atoms with E-state index in [1.807, 2.05) is 30.9 Å². The van der Waals surface area contributed by atoms with Gasteiger partial charge in [0.05, 0.1) is 10.6 Å². The number of rotatable bonds is 6. The smallest absolute Gasteiger partial charge is 0.273 e. The Kier molecular flexibility index (Phi) is 4.82. The summed E-state index contributed by atoms with van der Waals surface area (Å²) in [6.45, 7) is 5.95. The van der Waals surface area contributed by atoms with Crippen LogP contribution in [0.1, 0.15) is 25.1 Å². The molecule has 6 heteroatoms. The van der Waals surface area contributed by atoms with Crippen molar-refractivity contribution in [2.24, 2.45) is 7.05 Å². The van der Waals surface area contributed by atoms with Gasteiger partial charge in [0.2, 0.25) is 0 Å². The van der Waals surface area contributed by atoms with Crippen LogP contribution in [0.3, 0.4) is 0 Å². The number of nitro benzene ring substituents is 1. The summed E-state index contributed by atoms with van der Waals surface area (Å²) in [5.74, 6) is 1.86. The molecule has 0 saturated carbocycles. The summed E-state index contributed by atoms with van der Waals surface area (Å²) in [5.41, 5.74) is 2.43. The lowest BCUT2D eigenvalue weighted by molar-refractivity contribution is -0.385. The highest BCUT2D eigenvalue weighted by molar-refractivity contribution is 7.99. The minimum atomic E-state index is -0.420. The van der Waals surface area contributed by atoms with E-state index in [4.69, 9.17) is 4.74 Å². The van der Waals surface area contributed by atoms with Crippen molar-refractivity contribution in [3.8, 4) is 0 Å².